The molecule has 0 saturated carbocycles. The Bertz CT molecular complexity index is 1190. The van der Waals surface area contributed by atoms with Gasteiger partial charge >= 0.3 is 0 Å². The summed E-state index contributed by atoms with van der Waals surface area (Å²) in [5, 5.41) is 0. The molecular weight excluding hydrogens is 458 g/mol. The number of H-pyrrole nitrogens is 1. The molecule has 2 heterocycles. The number of amides is 2. The van der Waals surface area contributed by atoms with Gasteiger partial charge in [0.2, 0.25) is 5.91 Å². The van der Waals surface area contributed by atoms with Crippen LogP contribution < -0.4 is 9.64 Å². The summed E-state index contributed by atoms with van der Waals surface area (Å²) in [6.45, 7) is 3.29. The van der Waals surface area contributed by atoms with Crippen LogP contribution in [0.15, 0.2) is 42.5 Å². The van der Waals surface area contributed by atoms with E-state index in [1.54, 1.807) is 12.0 Å². The first-order valence-corrected chi connectivity index (χ1v) is 12.3. The topological polar surface area (TPSA) is 91.0 Å². The SMILES string of the molecule is COCC(=O)N1CCCN(C)CCN(C(=O)CCc2nc3ccc(OC)cc3[nH]2)Cc2ccccc21. The molecule has 3 aromatic rings. The summed E-state index contributed by atoms with van der Waals surface area (Å²) >= 11 is 0. The Hall–Kier alpha value is -3.43. The zero-order chi connectivity index (χ0) is 25.5. The van der Waals surface area contributed by atoms with Gasteiger partial charge in [-0.3, -0.25) is 9.59 Å². The fourth-order valence-corrected chi connectivity index (χ4v) is 4.56. The number of aromatic nitrogens is 2. The molecular formula is C27H35N5O4. The lowest BCUT2D eigenvalue weighted by Gasteiger charge is -2.28. The molecule has 0 unspecified atom stereocenters. The third kappa shape index (κ3) is 6.22. The van der Waals surface area contributed by atoms with E-state index in [1.807, 2.05) is 47.4 Å². The smallest absolute Gasteiger partial charge is 0.252 e. The number of aryl methyl sites for hydroxylation is 1. The van der Waals surface area contributed by atoms with Crippen molar-refractivity contribution in [1.82, 2.24) is 19.8 Å². The number of methoxy groups -OCH3 is 2. The van der Waals surface area contributed by atoms with Crippen LogP contribution in [0.5, 0.6) is 5.75 Å². The van der Waals surface area contributed by atoms with E-state index < -0.39 is 0 Å². The zero-order valence-electron chi connectivity index (χ0n) is 21.3. The molecule has 0 bridgehead atoms. The van der Waals surface area contributed by atoms with E-state index in [9.17, 15) is 9.59 Å². The van der Waals surface area contributed by atoms with Gasteiger partial charge in [-0.25, -0.2) is 4.98 Å². The molecule has 0 fully saturated rings. The van der Waals surface area contributed by atoms with Crippen LogP contribution in [-0.4, -0.2) is 85.6 Å². The van der Waals surface area contributed by atoms with Crippen LogP contribution in [0.1, 0.15) is 24.2 Å². The van der Waals surface area contributed by atoms with Gasteiger partial charge in [-0.15, -0.1) is 0 Å². The molecule has 192 valence electrons. The highest BCUT2D eigenvalue weighted by Gasteiger charge is 2.23. The van der Waals surface area contributed by atoms with Gasteiger partial charge in [0.15, 0.2) is 0 Å². The molecule has 1 aliphatic heterocycles. The number of carbonyl (C=O) groups excluding carboxylic acids is 2. The first kappa shape index (κ1) is 25.7. The largest absolute Gasteiger partial charge is 0.497 e. The van der Waals surface area contributed by atoms with Crippen LogP contribution >= 0.6 is 0 Å². The second kappa shape index (κ2) is 12.0. The number of fused-ring (bicyclic) bond motifs is 2. The third-order valence-electron chi connectivity index (χ3n) is 6.55. The lowest BCUT2D eigenvalue weighted by molar-refractivity contribution is -0.132. The number of nitrogens with one attached hydrogen (secondary N) is 1. The highest BCUT2D eigenvalue weighted by atomic mass is 16.5. The number of nitrogens with zero attached hydrogens (tertiary/aromatic N) is 4. The fraction of sp³-hybridized carbons (Fsp3) is 0.444. The number of imidazole rings is 1. The van der Waals surface area contributed by atoms with Gasteiger partial charge in [0.25, 0.3) is 5.91 Å². The zero-order valence-corrected chi connectivity index (χ0v) is 21.3. The van der Waals surface area contributed by atoms with E-state index >= 15 is 0 Å². The molecule has 1 N–H and O–H groups in total. The van der Waals surface area contributed by atoms with Crippen molar-refractivity contribution in [1.29, 1.82) is 0 Å². The van der Waals surface area contributed by atoms with Crippen molar-refractivity contribution in [3.05, 3.63) is 53.9 Å². The average Bonchev–Trinajstić information content (AvgIpc) is 3.28. The van der Waals surface area contributed by atoms with Crippen molar-refractivity contribution in [3.8, 4) is 5.75 Å². The number of aromatic amines is 1. The van der Waals surface area contributed by atoms with Crippen molar-refractivity contribution in [2.75, 3.05) is 59.0 Å². The third-order valence-corrected chi connectivity index (χ3v) is 6.55. The van der Waals surface area contributed by atoms with Crippen molar-refractivity contribution >= 4 is 28.5 Å². The van der Waals surface area contributed by atoms with E-state index in [0.29, 0.717) is 32.5 Å². The normalized spacial score (nSPS) is 15.4. The molecule has 2 amide bonds. The number of hydrogen-bond donors (Lipinski definition) is 1. The molecule has 0 saturated heterocycles. The van der Waals surface area contributed by atoms with Crippen LogP contribution in [-0.2, 0) is 27.3 Å². The molecule has 1 aliphatic rings. The van der Waals surface area contributed by atoms with Crippen LogP contribution in [0, 0.1) is 0 Å². The maximum atomic E-state index is 13.4. The standard InChI is InChI=1S/C27H35N5O4/c1-30-13-6-14-32(27(34)19-35-2)24-8-5-4-7-20(24)18-31(16-15-30)26(33)12-11-25-28-22-10-9-21(36-3)17-23(22)29-25/h4-5,7-10,17H,6,11-16,18-19H2,1-3H3,(H,28,29). The van der Waals surface area contributed by atoms with Gasteiger partial charge in [-0.05, 0) is 43.8 Å². The second-order valence-corrected chi connectivity index (χ2v) is 9.15. The lowest BCUT2D eigenvalue weighted by Crippen LogP contribution is -2.37. The highest BCUT2D eigenvalue weighted by molar-refractivity contribution is 5.95. The number of carbonyl (C=O) groups is 2. The summed E-state index contributed by atoms with van der Waals surface area (Å²) in [5.41, 5.74) is 3.54. The first-order chi connectivity index (χ1) is 17.5. The molecule has 4 rings (SSSR count). The van der Waals surface area contributed by atoms with Crippen molar-refractivity contribution < 1.29 is 19.1 Å². The highest BCUT2D eigenvalue weighted by Crippen LogP contribution is 2.24. The van der Waals surface area contributed by atoms with Gasteiger partial charge in [-0.2, -0.15) is 0 Å². The molecule has 9 nitrogen and oxygen atoms in total. The van der Waals surface area contributed by atoms with Crippen LogP contribution in [0.3, 0.4) is 0 Å². The Morgan fingerprint density at radius 2 is 1.86 bits per heavy atom. The number of rotatable bonds is 6. The lowest BCUT2D eigenvalue weighted by atomic mass is 10.1. The number of ether oxygens (including phenoxy) is 2. The van der Waals surface area contributed by atoms with E-state index in [1.165, 1.54) is 7.11 Å². The van der Waals surface area contributed by atoms with Crippen molar-refractivity contribution in [2.24, 2.45) is 0 Å². The van der Waals surface area contributed by atoms with Gasteiger partial charge in [0.1, 0.15) is 18.2 Å². The summed E-state index contributed by atoms with van der Waals surface area (Å²) in [7, 11) is 5.22. The number of anilines is 1. The molecule has 36 heavy (non-hydrogen) atoms. The second-order valence-electron chi connectivity index (χ2n) is 9.15. The quantitative estimate of drug-likeness (QED) is 0.568. The monoisotopic (exact) mass is 493 g/mol. The minimum Gasteiger partial charge on any atom is -0.497 e. The van der Waals surface area contributed by atoms with E-state index in [0.717, 1.165) is 53.4 Å². The molecule has 0 aliphatic carbocycles. The number of para-hydroxylation sites is 1. The van der Waals surface area contributed by atoms with Crippen LogP contribution in [0.4, 0.5) is 5.69 Å². The fourth-order valence-electron chi connectivity index (χ4n) is 4.56. The average molecular weight is 494 g/mol. The molecule has 0 spiro atoms. The number of benzene rings is 2. The Kier molecular flexibility index (Phi) is 8.56. The summed E-state index contributed by atoms with van der Waals surface area (Å²) < 4.78 is 10.4. The molecule has 1 aromatic heterocycles. The van der Waals surface area contributed by atoms with Gasteiger partial charge in [0, 0.05) is 57.9 Å². The molecule has 2 aromatic carbocycles. The number of hydrogen-bond acceptors (Lipinski definition) is 6. The molecule has 0 atom stereocenters. The predicted octanol–water partition coefficient (Wildman–Crippen LogP) is 2.85. The van der Waals surface area contributed by atoms with E-state index in [4.69, 9.17) is 9.47 Å². The Morgan fingerprint density at radius 3 is 2.67 bits per heavy atom. The minimum absolute atomic E-state index is 0.0240. The minimum atomic E-state index is -0.0776. The molecule has 0 radical (unpaired) electrons. The Balaban J connectivity index is 1.52. The van der Waals surface area contributed by atoms with Gasteiger partial charge < -0.3 is 29.2 Å². The summed E-state index contributed by atoms with van der Waals surface area (Å²) in [4.78, 5) is 40.1. The summed E-state index contributed by atoms with van der Waals surface area (Å²) in [6.07, 6.45) is 1.70. The maximum Gasteiger partial charge on any atom is 0.252 e. The van der Waals surface area contributed by atoms with E-state index in [2.05, 4.69) is 21.9 Å². The summed E-state index contributed by atoms with van der Waals surface area (Å²) in [6, 6.07) is 13.5. The first-order valence-electron chi connectivity index (χ1n) is 12.3. The van der Waals surface area contributed by atoms with Gasteiger partial charge in [0.05, 0.1) is 18.1 Å². The van der Waals surface area contributed by atoms with Gasteiger partial charge in [-0.1, -0.05) is 18.2 Å². The predicted molar refractivity (Wildman–Crippen MR) is 139 cm³/mol. The maximum absolute atomic E-state index is 13.4. The number of likely N-dealkylation sites (N-methyl/N-ethyl adjacent to an activating group) is 1. The van der Waals surface area contributed by atoms with Crippen LogP contribution in [0.25, 0.3) is 11.0 Å². The van der Waals surface area contributed by atoms with Crippen molar-refractivity contribution in [3.63, 3.8) is 0 Å². The Morgan fingerprint density at radius 1 is 1.03 bits per heavy atom. The van der Waals surface area contributed by atoms with E-state index in [-0.39, 0.29) is 18.4 Å². The van der Waals surface area contributed by atoms with Crippen LogP contribution in [0.2, 0.25) is 0 Å². The molecule has 9 heteroatoms. The Labute approximate surface area is 212 Å². The summed E-state index contributed by atoms with van der Waals surface area (Å²) in [5.74, 6) is 1.52. The van der Waals surface area contributed by atoms with Crippen molar-refractivity contribution in [2.45, 2.75) is 25.8 Å².